The van der Waals surface area contributed by atoms with Gasteiger partial charge in [-0.15, -0.1) is 0 Å². The van der Waals surface area contributed by atoms with E-state index in [0.29, 0.717) is 11.1 Å². The smallest absolute Gasteiger partial charge is 0.242 e. The Labute approximate surface area is 119 Å². The van der Waals surface area contributed by atoms with E-state index in [1.165, 1.54) is 24.8 Å². The van der Waals surface area contributed by atoms with Gasteiger partial charge in [0.15, 0.2) is 0 Å². The number of pyridine rings is 1. The van der Waals surface area contributed by atoms with Crippen LogP contribution in [0.1, 0.15) is 39.0 Å². The molecule has 6 heteroatoms. The summed E-state index contributed by atoms with van der Waals surface area (Å²) < 4.78 is 27.2. The van der Waals surface area contributed by atoms with Crippen LogP contribution in [-0.2, 0) is 10.0 Å². The molecule has 1 heterocycles. The van der Waals surface area contributed by atoms with E-state index in [1.54, 1.807) is 0 Å². The summed E-state index contributed by atoms with van der Waals surface area (Å²) in [5.74, 6) is 0.629. The highest BCUT2D eigenvalue weighted by Gasteiger charge is 2.25. The fourth-order valence-electron chi connectivity index (χ4n) is 2.58. The molecular weight excluding hydrogens is 284 g/mol. The van der Waals surface area contributed by atoms with Crippen molar-refractivity contribution in [2.45, 2.75) is 50.0 Å². The van der Waals surface area contributed by atoms with E-state index in [2.05, 4.69) is 16.6 Å². The van der Waals surface area contributed by atoms with Gasteiger partial charge in [-0.2, -0.15) is 0 Å². The van der Waals surface area contributed by atoms with Crippen LogP contribution < -0.4 is 4.72 Å². The Bertz CT molecular complexity index is 516. The maximum absolute atomic E-state index is 12.2. The first-order chi connectivity index (χ1) is 9.01. The molecule has 2 unspecified atom stereocenters. The molecular formula is C13H19ClN2O2S. The summed E-state index contributed by atoms with van der Waals surface area (Å²) in [6.45, 7) is 2.16. The molecule has 19 heavy (non-hydrogen) atoms. The van der Waals surface area contributed by atoms with E-state index in [0.717, 1.165) is 25.7 Å². The first-order valence-electron chi connectivity index (χ1n) is 6.65. The van der Waals surface area contributed by atoms with Crippen LogP contribution in [-0.4, -0.2) is 19.4 Å². The highest BCUT2D eigenvalue weighted by molar-refractivity contribution is 7.89. The molecule has 0 bridgehead atoms. The lowest BCUT2D eigenvalue weighted by atomic mass is 9.85. The predicted molar refractivity (Wildman–Crippen MR) is 75.6 cm³/mol. The van der Waals surface area contributed by atoms with Crippen LogP contribution in [0.25, 0.3) is 0 Å². The van der Waals surface area contributed by atoms with Crippen molar-refractivity contribution in [2.75, 3.05) is 0 Å². The van der Waals surface area contributed by atoms with Crippen molar-refractivity contribution in [1.82, 2.24) is 9.71 Å². The van der Waals surface area contributed by atoms with E-state index in [4.69, 9.17) is 11.6 Å². The van der Waals surface area contributed by atoms with E-state index < -0.39 is 10.0 Å². The van der Waals surface area contributed by atoms with Gasteiger partial charge in [-0.1, -0.05) is 37.8 Å². The Balaban J connectivity index is 2.06. The number of nitrogens with zero attached hydrogens (tertiary/aromatic N) is 1. The van der Waals surface area contributed by atoms with E-state index in [-0.39, 0.29) is 10.9 Å². The molecule has 0 radical (unpaired) electrons. The number of aromatic nitrogens is 1. The largest absolute Gasteiger partial charge is 0.243 e. The molecule has 1 aliphatic rings. The standard InChI is InChI=1S/C13H19ClN2O2S/c1-2-10-4-3-5-11(8-10)16-19(17,18)12-6-7-13(14)15-9-12/h6-7,9-11,16H,2-5,8H2,1H3. The normalized spacial score (nSPS) is 24.3. The average Bonchev–Trinajstić information content (AvgIpc) is 2.39. The van der Waals surface area contributed by atoms with Gasteiger partial charge in [-0.05, 0) is 30.9 Å². The van der Waals surface area contributed by atoms with Crippen LogP contribution in [0.15, 0.2) is 23.2 Å². The van der Waals surface area contributed by atoms with Crippen LogP contribution in [0.4, 0.5) is 0 Å². The molecule has 0 aromatic carbocycles. The first-order valence-corrected chi connectivity index (χ1v) is 8.51. The predicted octanol–water partition coefficient (Wildman–Crippen LogP) is 2.98. The maximum atomic E-state index is 12.2. The minimum atomic E-state index is -3.48. The fraction of sp³-hybridized carbons (Fsp3) is 0.615. The Morgan fingerprint density at radius 1 is 1.42 bits per heavy atom. The molecule has 0 saturated heterocycles. The number of rotatable bonds is 4. The Morgan fingerprint density at radius 2 is 2.21 bits per heavy atom. The quantitative estimate of drug-likeness (QED) is 0.870. The van der Waals surface area contributed by atoms with Crippen LogP contribution >= 0.6 is 11.6 Å². The van der Waals surface area contributed by atoms with Crippen molar-refractivity contribution in [2.24, 2.45) is 5.92 Å². The molecule has 2 rings (SSSR count). The molecule has 106 valence electrons. The SMILES string of the molecule is CCC1CCCC(NS(=O)(=O)c2ccc(Cl)nc2)C1. The van der Waals surface area contributed by atoms with Gasteiger partial charge in [0.1, 0.15) is 10.0 Å². The molecule has 0 aliphatic heterocycles. The summed E-state index contributed by atoms with van der Waals surface area (Å²) in [5.41, 5.74) is 0. The van der Waals surface area contributed by atoms with Gasteiger partial charge < -0.3 is 0 Å². The zero-order valence-corrected chi connectivity index (χ0v) is 12.5. The third-order valence-electron chi connectivity index (χ3n) is 3.69. The lowest BCUT2D eigenvalue weighted by Gasteiger charge is -2.28. The second-order valence-electron chi connectivity index (χ2n) is 5.08. The summed E-state index contributed by atoms with van der Waals surface area (Å²) in [5, 5.41) is 0.294. The molecule has 4 nitrogen and oxygen atoms in total. The lowest BCUT2D eigenvalue weighted by molar-refractivity contribution is 0.301. The van der Waals surface area contributed by atoms with Gasteiger partial charge in [0.25, 0.3) is 0 Å². The van der Waals surface area contributed by atoms with Crippen LogP contribution in [0.5, 0.6) is 0 Å². The Morgan fingerprint density at radius 3 is 2.84 bits per heavy atom. The third-order valence-corrected chi connectivity index (χ3v) is 5.42. The number of hydrogen-bond donors (Lipinski definition) is 1. The zero-order valence-electron chi connectivity index (χ0n) is 11.0. The number of hydrogen-bond acceptors (Lipinski definition) is 3. The second kappa shape index (κ2) is 6.20. The maximum Gasteiger partial charge on any atom is 0.242 e. The summed E-state index contributed by atoms with van der Waals surface area (Å²) in [4.78, 5) is 3.99. The minimum absolute atomic E-state index is 0.0411. The molecule has 0 amide bonds. The Kier molecular flexibility index (Phi) is 4.81. The average molecular weight is 303 g/mol. The van der Waals surface area contributed by atoms with Gasteiger partial charge in [-0.3, -0.25) is 0 Å². The topological polar surface area (TPSA) is 59.1 Å². The number of nitrogens with one attached hydrogen (secondary N) is 1. The first kappa shape index (κ1) is 14.8. The Hall–Kier alpha value is -0.650. The van der Waals surface area contributed by atoms with Crippen LogP contribution in [0, 0.1) is 5.92 Å². The highest BCUT2D eigenvalue weighted by atomic mass is 35.5. The lowest BCUT2D eigenvalue weighted by Crippen LogP contribution is -2.38. The molecule has 1 aliphatic carbocycles. The zero-order chi connectivity index (χ0) is 13.9. The van der Waals surface area contributed by atoms with E-state index in [1.807, 2.05) is 0 Å². The molecule has 1 aromatic rings. The molecule has 1 aromatic heterocycles. The third kappa shape index (κ3) is 3.91. The van der Waals surface area contributed by atoms with E-state index >= 15 is 0 Å². The van der Waals surface area contributed by atoms with Crippen molar-refractivity contribution >= 4 is 21.6 Å². The molecule has 1 saturated carbocycles. The highest BCUT2D eigenvalue weighted by Crippen LogP contribution is 2.27. The number of sulfonamides is 1. The molecule has 2 atom stereocenters. The summed E-state index contributed by atoms with van der Waals surface area (Å²) in [7, 11) is -3.48. The van der Waals surface area contributed by atoms with Crippen LogP contribution in [0.2, 0.25) is 5.15 Å². The van der Waals surface area contributed by atoms with Gasteiger partial charge in [0, 0.05) is 12.2 Å². The molecule has 1 fully saturated rings. The molecule has 0 spiro atoms. The molecule has 1 N–H and O–H groups in total. The van der Waals surface area contributed by atoms with Gasteiger partial charge in [-0.25, -0.2) is 18.1 Å². The monoisotopic (exact) mass is 302 g/mol. The van der Waals surface area contributed by atoms with Crippen molar-refractivity contribution in [3.63, 3.8) is 0 Å². The van der Waals surface area contributed by atoms with Gasteiger partial charge in [0.05, 0.1) is 0 Å². The summed E-state index contributed by atoms with van der Waals surface area (Å²) >= 11 is 5.67. The van der Waals surface area contributed by atoms with Gasteiger partial charge >= 0.3 is 0 Å². The minimum Gasteiger partial charge on any atom is -0.243 e. The fourth-order valence-corrected chi connectivity index (χ4v) is 3.92. The second-order valence-corrected chi connectivity index (χ2v) is 7.18. The summed E-state index contributed by atoms with van der Waals surface area (Å²) in [6, 6.07) is 3.02. The van der Waals surface area contributed by atoms with Gasteiger partial charge in [0.2, 0.25) is 10.0 Å². The van der Waals surface area contributed by atoms with Crippen molar-refractivity contribution in [1.29, 1.82) is 0 Å². The van der Waals surface area contributed by atoms with E-state index in [9.17, 15) is 8.42 Å². The van der Waals surface area contributed by atoms with Crippen LogP contribution in [0.3, 0.4) is 0 Å². The van der Waals surface area contributed by atoms with Crippen molar-refractivity contribution < 1.29 is 8.42 Å². The summed E-state index contributed by atoms with van der Waals surface area (Å²) in [6.07, 6.45) is 6.54. The number of halogens is 1. The van der Waals surface area contributed by atoms with Crippen molar-refractivity contribution in [3.05, 3.63) is 23.5 Å². The van der Waals surface area contributed by atoms with Crippen molar-refractivity contribution in [3.8, 4) is 0 Å².